The maximum Gasteiger partial charge on any atom is 0.264 e. The summed E-state index contributed by atoms with van der Waals surface area (Å²) in [5, 5.41) is 6.59. The summed E-state index contributed by atoms with van der Waals surface area (Å²) in [6, 6.07) is 23.8. The number of hydrogen-bond acceptors (Lipinski definition) is 3. The van der Waals surface area contributed by atoms with Crippen LogP contribution in [0.15, 0.2) is 83.8 Å². The summed E-state index contributed by atoms with van der Waals surface area (Å²) in [6.07, 6.45) is 0.731. The highest BCUT2D eigenvalue weighted by Gasteiger charge is 2.30. The van der Waals surface area contributed by atoms with Crippen LogP contribution in [0, 0.1) is 0 Å². The summed E-state index contributed by atoms with van der Waals surface area (Å²) in [6.45, 7) is 0.465. The van der Waals surface area contributed by atoms with Crippen molar-refractivity contribution in [1.82, 2.24) is 0 Å². The van der Waals surface area contributed by atoms with Crippen LogP contribution in [0.3, 0.4) is 0 Å². The van der Waals surface area contributed by atoms with Crippen LogP contribution in [0.5, 0.6) is 0 Å². The molecule has 0 aliphatic carbocycles. The van der Waals surface area contributed by atoms with Gasteiger partial charge in [0.05, 0.1) is 10.6 Å². The third-order valence-corrected chi connectivity index (χ3v) is 6.61. The van der Waals surface area contributed by atoms with Crippen molar-refractivity contribution in [3.63, 3.8) is 0 Å². The standard InChI is InChI=1S/C21H19N3O2S2/c25-28(26,24-15-14-16-6-4-5-9-20(16)24)19-12-10-18(11-13-19)23-21(27)22-17-7-2-1-3-8-17/h1-13H,14-15H2,(H2,22,23,27). The van der Waals surface area contributed by atoms with Gasteiger partial charge in [-0.2, -0.15) is 0 Å². The SMILES string of the molecule is O=S(=O)(c1ccc(NC(=S)Nc2ccccc2)cc1)N1CCc2ccccc21. The van der Waals surface area contributed by atoms with E-state index in [4.69, 9.17) is 12.2 Å². The van der Waals surface area contributed by atoms with Crippen LogP contribution in [0.25, 0.3) is 0 Å². The number of benzene rings is 3. The normalized spacial score (nSPS) is 13.1. The maximum absolute atomic E-state index is 13.0. The van der Waals surface area contributed by atoms with E-state index in [1.54, 1.807) is 24.3 Å². The smallest absolute Gasteiger partial charge is 0.264 e. The third kappa shape index (κ3) is 3.72. The molecule has 4 rings (SSSR count). The Labute approximate surface area is 170 Å². The highest BCUT2D eigenvalue weighted by atomic mass is 32.2. The van der Waals surface area contributed by atoms with E-state index >= 15 is 0 Å². The predicted octanol–water partition coefficient (Wildman–Crippen LogP) is 4.25. The van der Waals surface area contributed by atoms with Crippen molar-refractivity contribution in [1.29, 1.82) is 0 Å². The van der Waals surface area contributed by atoms with Gasteiger partial charge in [0.15, 0.2) is 5.11 Å². The molecule has 142 valence electrons. The van der Waals surface area contributed by atoms with E-state index < -0.39 is 10.0 Å². The average Bonchev–Trinajstić information content (AvgIpc) is 3.14. The van der Waals surface area contributed by atoms with Gasteiger partial charge in [-0.3, -0.25) is 4.31 Å². The van der Waals surface area contributed by atoms with Crippen molar-refractivity contribution >= 4 is 44.4 Å². The lowest BCUT2D eigenvalue weighted by atomic mass is 10.2. The first-order valence-corrected chi connectivity index (χ1v) is 10.7. The highest BCUT2D eigenvalue weighted by molar-refractivity contribution is 7.92. The fourth-order valence-corrected chi connectivity index (χ4v) is 4.95. The molecule has 0 atom stereocenters. The van der Waals surface area contributed by atoms with E-state index in [0.717, 1.165) is 23.4 Å². The molecule has 1 aliphatic rings. The van der Waals surface area contributed by atoms with Crippen molar-refractivity contribution < 1.29 is 8.42 Å². The lowest BCUT2D eigenvalue weighted by Crippen LogP contribution is -2.29. The molecule has 5 nitrogen and oxygen atoms in total. The van der Waals surface area contributed by atoms with Crippen molar-refractivity contribution in [2.45, 2.75) is 11.3 Å². The number of nitrogens with zero attached hydrogens (tertiary/aromatic N) is 1. The molecule has 0 amide bonds. The monoisotopic (exact) mass is 409 g/mol. The molecule has 28 heavy (non-hydrogen) atoms. The molecule has 0 saturated heterocycles. The second-order valence-corrected chi connectivity index (χ2v) is 8.70. The quantitative estimate of drug-likeness (QED) is 0.631. The molecule has 0 spiro atoms. The molecule has 0 bridgehead atoms. The van der Waals surface area contributed by atoms with Crippen LogP contribution in [-0.2, 0) is 16.4 Å². The van der Waals surface area contributed by atoms with Crippen LogP contribution in [0.1, 0.15) is 5.56 Å². The number of para-hydroxylation sites is 2. The first-order chi connectivity index (χ1) is 13.5. The topological polar surface area (TPSA) is 61.4 Å². The van der Waals surface area contributed by atoms with E-state index in [1.165, 1.54) is 4.31 Å². The number of hydrogen-bond donors (Lipinski definition) is 2. The molecule has 2 N–H and O–H groups in total. The van der Waals surface area contributed by atoms with Crippen LogP contribution in [0.4, 0.5) is 17.1 Å². The van der Waals surface area contributed by atoms with Gasteiger partial charge < -0.3 is 10.6 Å². The second-order valence-electron chi connectivity index (χ2n) is 6.43. The Bertz CT molecular complexity index is 1100. The van der Waals surface area contributed by atoms with E-state index in [0.29, 0.717) is 17.3 Å². The van der Waals surface area contributed by atoms with Gasteiger partial charge in [0.25, 0.3) is 10.0 Å². The van der Waals surface area contributed by atoms with Crippen molar-refractivity contribution in [3.05, 3.63) is 84.4 Å². The summed E-state index contributed by atoms with van der Waals surface area (Å²) in [7, 11) is -3.59. The fraction of sp³-hybridized carbons (Fsp3) is 0.0952. The van der Waals surface area contributed by atoms with Gasteiger partial charge >= 0.3 is 0 Å². The minimum absolute atomic E-state index is 0.261. The molecule has 0 aromatic heterocycles. The van der Waals surface area contributed by atoms with E-state index in [2.05, 4.69) is 10.6 Å². The minimum atomic E-state index is -3.59. The van der Waals surface area contributed by atoms with Crippen molar-refractivity contribution in [3.8, 4) is 0 Å². The Morgan fingerprint density at radius 3 is 2.14 bits per heavy atom. The molecule has 0 fully saturated rings. The van der Waals surface area contributed by atoms with Crippen molar-refractivity contribution in [2.75, 3.05) is 21.5 Å². The Morgan fingerprint density at radius 2 is 1.43 bits per heavy atom. The molecule has 3 aromatic rings. The van der Waals surface area contributed by atoms with Crippen LogP contribution >= 0.6 is 12.2 Å². The summed E-state index contributed by atoms with van der Waals surface area (Å²) < 4.78 is 27.6. The molecule has 0 radical (unpaired) electrons. The zero-order chi connectivity index (χ0) is 19.6. The molecular weight excluding hydrogens is 390 g/mol. The number of anilines is 3. The fourth-order valence-electron chi connectivity index (χ4n) is 3.21. The largest absolute Gasteiger partial charge is 0.332 e. The van der Waals surface area contributed by atoms with E-state index in [-0.39, 0.29) is 4.90 Å². The predicted molar refractivity (Wildman–Crippen MR) is 117 cm³/mol. The summed E-state index contributed by atoms with van der Waals surface area (Å²) in [4.78, 5) is 0.261. The van der Waals surface area contributed by atoms with Gasteiger partial charge in [-0.05, 0) is 66.7 Å². The molecule has 1 heterocycles. The van der Waals surface area contributed by atoms with Crippen LogP contribution in [-0.4, -0.2) is 20.1 Å². The molecule has 0 unspecified atom stereocenters. The first-order valence-electron chi connectivity index (χ1n) is 8.88. The lowest BCUT2D eigenvalue weighted by Gasteiger charge is -2.20. The van der Waals surface area contributed by atoms with E-state index in [1.807, 2.05) is 54.6 Å². The Hall–Kier alpha value is -2.90. The van der Waals surface area contributed by atoms with Crippen LogP contribution < -0.4 is 14.9 Å². The number of rotatable bonds is 4. The zero-order valence-corrected chi connectivity index (χ0v) is 16.6. The summed E-state index contributed by atoms with van der Waals surface area (Å²) in [5.41, 5.74) is 3.42. The lowest BCUT2D eigenvalue weighted by molar-refractivity contribution is 0.592. The summed E-state index contributed by atoms with van der Waals surface area (Å²) in [5.74, 6) is 0. The minimum Gasteiger partial charge on any atom is -0.332 e. The van der Waals surface area contributed by atoms with Gasteiger partial charge in [-0.1, -0.05) is 36.4 Å². The van der Waals surface area contributed by atoms with Gasteiger partial charge in [0.2, 0.25) is 0 Å². The Morgan fingerprint density at radius 1 is 0.821 bits per heavy atom. The molecule has 1 aliphatic heterocycles. The molecule has 0 saturated carbocycles. The number of fused-ring (bicyclic) bond motifs is 1. The van der Waals surface area contributed by atoms with Gasteiger partial charge in [0.1, 0.15) is 0 Å². The van der Waals surface area contributed by atoms with Gasteiger partial charge in [0, 0.05) is 17.9 Å². The summed E-state index contributed by atoms with van der Waals surface area (Å²) >= 11 is 5.31. The number of thiocarbonyl (C=S) groups is 1. The second kappa shape index (κ2) is 7.61. The Balaban J connectivity index is 1.48. The Kier molecular flexibility index (Phi) is 5.02. The third-order valence-electron chi connectivity index (χ3n) is 4.58. The molecular formula is C21H19N3O2S2. The van der Waals surface area contributed by atoms with Crippen molar-refractivity contribution in [2.24, 2.45) is 0 Å². The van der Waals surface area contributed by atoms with Gasteiger partial charge in [-0.25, -0.2) is 8.42 Å². The highest BCUT2D eigenvalue weighted by Crippen LogP contribution is 2.32. The maximum atomic E-state index is 13.0. The number of nitrogens with one attached hydrogen (secondary N) is 2. The zero-order valence-electron chi connectivity index (χ0n) is 15.0. The number of sulfonamides is 1. The van der Waals surface area contributed by atoms with E-state index in [9.17, 15) is 8.42 Å². The molecule has 3 aromatic carbocycles. The van der Waals surface area contributed by atoms with Crippen LogP contribution in [0.2, 0.25) is 0 Å². The molecule has 7 heteroatoms. The first kappa shape index (κ1) is 18.5. The van der Waals surface area contributed by atoms with Gasteiger partial charge in [-0.15, -0.1) is 0 Å². The average molecular weight is 410 g/mol.